The number of hydrogen-bond acceptors (Lipinski definition) is 4. The van der Waals surface area contributed by atoms with Gasteiger partial charge in [-0.3, -0.25) is 0 Å². The van der Waals surface area contributed by atoms with Crippen molar-refractivity contribution in [1.82, 2.24) is 4.90 Å². The summed E-state index contributed by atoms with van der Waals surface area (Å²) >= 11 is 3.13. The van der Waals surface area contributed by atoms with E-state index in [2.05, 4.69) is 21.2 Å². The Balaban J connectivity index is 2.80. The van der Waals surface area contributed by atoms with Crippen molar-refractivity contribution in [2.24, 2.45) is 0 Å². The third kappa shape index (κ3) is 5.33. The van der Waals surface area contributed by atoms with Gasteiger partial charge in [0.1, 0.15) is 0 Å². The predicted molar refractivity (Wildman–Crippen MR) is 80.7 cm³/mol. The van der Waals surface area contributed by atoms with Crippen LogP contribution in [0.1, 0.15) is 10.4 Å². The Bertz CT molecular complexity index is 509. The monoisotopic (exact) mass is 360 g/mol. The van der Waals surface area contributed by atoms with Gasteiger partial charge in [-0.15, -0.1) is 0 Å². The van der Waals surface area contributed by atoms with E-state index in [1.807, 2.05) is 0 Å². The number of aromatic carboxylic acids is 1. The molecule has 1 aromatic rings. The Morgan fingerprint density at radius 1 is 1.38 bits per heavy atom. The van der Waals surface area contributed by atoms with Crippen LogP contribution in [0.15, 0.2) is 22.7 Å². The van der Waals surface area contributed by atoms with Gasteiger partial charge in [-0.25, -0.2) is 9.59 Å². The standard InChI is InChI=1S/C13H17BrN2O5/c1-21-7-5-16(4-6-17)13(20)15-9-2-3-11(14)10(8-9)12(18)19/h2-3,8,17H,4-7H2,1H3,(H,15,20)(H,18,19). The highest BCUT2D eigenvalue weighted by molar-refractivity contribution is 9.10. The zero-order chi connectivity index (χ0) is 15.8. The van der Waals surface area contributed by atoms with Gasteiger partial charge in [-0.1, -0.05) is 0 Å². The fourth-order valence-electron chi connectivity index (χ4n) is 1.61. The molecule has 7 nitrogen and oxygen atoms in total. The number of benzene rings is 1. The summed E-state index contributed by atoms with van der Waals surface area (Å²) in [7, 11) is 1.52. The number of aliphatic hydroxyl groups excluding tert-OH is 1. The summed E-state index contributed by atoms with van der Waals surface area (Å²) in [5.74, 6) is -1.09. The van der Waals surface area contributed by atoms with Crippen LogP contribution < -0.4 is 5.32 Å². The molecule has 1 aromatic carbocycles. The number of nitrogens with one attached hydrogen (secondary N) is 1. The lowest BCUT2D eigenvalue weighted by Gasteiger charge is -2.22. The number of halogens is 1. The molecular formula is C13H17BrN2O5. The molecule has 0 heterocycles. The maximum atomic E-state index is 12.1. The lowest BCUT2D eigenvalue weighted by atomic mass is 10.2. The highest BCUT2D eigenvalue weighted by atomic mass is 79.9. The molecule has 0 saturated heterocycles. The van der Waals surface area contributed by atoms with Gasteiger partial charge in [-0.2, -0.15) is 0 Å². The second kappa shape index (κ2) is 8.60. The minimum Gasteiger partial charge on any atom is -0.478 e. The number of rotatable bonds is 7. The van der Waals surface area contributed by atoms with Gasteiger partial charge in [0.15, 0.2) is 0 Å². The summed E-state index contributed by atoms with van der Waals surface area (Å²) in [6.07, 6.45) is 0. The smallest absolute Gasteiger partial charge is 0.336 e. The molecule has 0 aliphatic carbocycles. The van der Waals surface area contributed by atoms with E-state index in [-0.39, 0.29) is 18.7 Å². The van der Waals surface area contributed by atoms with Crippen LogP contribution in [0.3, 0.4) is 0 Å². The highest BCUT2D eigenvalue weighted by Crippen LogP contribution is 2.21. The number of ether oxygens (including phenoxy) is 1. The van der Waals surface area contributed by atoms with E-state index in [1.165, 1.54) is 18.1 Å². The van der Waals surface area contributed by atoms with Crippen molar-refractivity contribution in [3.05, 3.63) is 28.2 Å². The molecular weight excluding hydrogens is 344 g/mol. The average Bonchev–Trinajstić information content (AvgIpc) is 2.45. The van der Waals surface area contributed by atoms with Crippen LogP contribution >= 0.6 is 15.9 Å². The van der Waals surface area contributed by atoms with Crippen LogP contribution in [0, 0.1) is 0 Å². The minimum absolute atomic E-state index is 0.0541. The Morgan fingerprint density at radius 2 is 2.10 bits per heavy atom. The number of methoxy groups -OCH3 is 1. The van der Waals surface area contributed by atoms with E-state index >= 15 is 0 Å². The molecule has 0 fully saturated rings. The third-order valence-electron chi connectivity index (χ3n) is 2.67. The lowest BCUT2D eigenvalue weighted by molar-refractivity contribution is 0.0696. The van der Waals surface area contributed by atoms with Gasteiger partial charge in [0, 0.05) is 30.4 Å². The van der Waals surface area contributed by atoms with Gasteiger partial charge in [0.2, 0.25) is 0 Å². The molecule has 0 bridgehead atoms. The number of hydrogen-bond donors (Lipinski definition) is 3. The van der Waals surface area contributed by atoms with Crippen molar-refractivity contribution in [3.63, 3.8) is 0 Å². The fourth-order valence-corrected chi connectivity index (χ4v) is 2.02. The van der Waals surface area contributed by atoms with Crippen LogP contribution in [-0.4, -0.2) is 60.5 Å². The second-order valence-electron chi connectivity index (χ2n) is 4.13. The summed E-state index contributed by atoms with van der Waals surface area (Å²) in [5.41, 5.74) is 0.416. The second-order valence-corrected chi connectivity index (χ2v) is 4.99. The van der Waals surface area contributed by atoms with E-state index < -0.39 is 12.0 Å². The Labute approximate surface area is 130 Å². The molecule has 0 aliphatic heterocycles. The molecule has 2 amide bonds. The van der Waals surface area contributed by atoms with Crippen LogP contribution in [0.2, 0.25) is 0 Å². The summed E-state index contributed by atoms with van der Waals surface area (Å²) in [4.78, 5) is 24.5. The van der Waals surface area contributed by atoms with E-state index in [1.54, 1.807) is 12.1 Å². The fraction of sp³-hybridized carbons (Fsp3) is 0.385. The first-order valence-electron chi connectivity index (χ1n) is 6.18. The lowest BCUT2D eigenvalue weighted by Crippen LogP contribution is -2.39. The number of carboxylic acids is 1. The molecule has 0 spiro atoms. The molecule has 0 aliphatic rings. The van der Waals surface area contributed by atoms with Gasteiger partial charge in [-0.05, 0) is 34.1 Å². The molecule has 0 aromatic heterocycles. The molecule has 1 rings (SSSR count). The Hall–Kier alpha value is -1.64. The predicted octanol–water partition coefficient (Wildman–Crippen LogP) is 1.62. The summed E-state index contributed by atoms with van der Waals surface area (Å²) in [5, 5.41) is 20.6. The number of carbonyl (C=O) groups excluding carboxylic acids is 1. The first-order valence-corrected chi connectivity index (χ1v) is 6.97. The normalized spacial score (nSPS) is 10.2. The maximum absolute atomic E-state index is 12.1. The van der Waals surface area contributed by atoms with Crippen molar-refractivity contribution < 1.29 is 24.5 Å². The van der Waals surface area contributed by atoms with Crippen molar-refractivity contribution in [2.75, 3.05) is 38.7 Å². The largest absolute Gasteiger partial charge is 0.478 e. The maximum Gasteiger partial charge on any atom is 0.336 e. The number of carbonyl (C=O) groups is 2. The number of carboxylic acid groups (broad SMARTS) is 1. The molecule has 0 unspecified atom stereocenters. The van der Waals surface area contributed by atoms with Gasteiger partial charge in [0.05, 0.1) is 18.8 Å². The molecule has 21 heavy (non-hydrogen) atoms. The van der Waals surface area contributed by atoms with Crippen molar-refractivity contribution in [2.45, 2.75) is 0 Å². The molecule has 3 N–H and O–H groups in total. The molecule has 0 atom stereocenters. The summed E-state index contributed by atoms with van der Waals surface area (Å²) in [6.45, 7) is 0.661. The minimum atomic E-state index is -1.09. The zero-order valence-electron chi connectivity index (χ0n) is 11.5. The van der Waals surface area contributed by atoms with Crippen molar-refractivity contribution in [3.8, 4) is 0 Å². The van der Waals surface area contributed by atoms with Crippen LogP contribution in [-0.2, 0) is 4.74 Å². The SMILES string of the molecule is COCCN(CCO)C(=O)Nc1ccc(Br)c(C(=O)O)c1. The van der Waals surface area contributed by atoms with E-state index in [0.717, 1.165) is 0 Å². The van der Waals surface area contributed by atoms with Gasteiger partial charge < -0.3 is 25.2 Å². The number of amides is 2. The third-order valence-corrected chi connectivity index (χ3v) is 3.36. The zero-order valence-corrected chi connectivity index (χ0v) is 13.1. The highest BCUT2D eigenvalue weighted by Gasteiger charge is 2.15. The summed E-state index contributed by atoms with van der Waals surface area (Å²) in [6, 6.07) is 4.06. The van der Waals surface area contributed by atoms with E-state index in [9.17, 15) is 9.59 Å². The first-order chi connectivity index (χ1) is 9.99. The molecule has 8 heteroatoms. The van der Waals surface area contributed by atoms with Crippen LogP contribution in [0.5, 0.6) is 0 Å². The van der Waals surface area contributed by atoms with Crippen molar-refractivity contribution >= 4 is 33.6 Å². The van der Waals surface area contributed by atoms with Gasteiger partial charge >= 0.3 is 12.0 Å². The Kier molecular flexibility index (Phi) is 7.13. The average molecular weight is 361 g/mol. The topological polar surface area (TPSA) is 99.1 Å². The number of nitrogens with zero attached hydrogens (tertiary/aromatic N) is 1. The van der Waals surface area contributed by atoms with E-state index in [4.69, 9.17) is 14.9 Å². The van der Waals surface area contributed by atoms with E-state index in [0.29, 0.717) is 23.3 Å². The Morgan fingerprint density at radius 3 is 2.67 bits per heavy atom. The number of aliphatic hydroxyl groups is 1. The van der Waals surface area contributed by atoms with Crippen LogP contribution in [0.4, 0.5) is 10.5 Å². The number of anilines is 1. The number of urea groups is 1. The molecule has 0 radical (unpaired) electrons. The van der Waals surface area contributed by atoms with Crippen molar-refractivity contribution in [1.29, 1.82) is 0 Å². The molecule has 116 valence electrons. The van der Waals surface area contributed by atoms with Crippen LogP contribution in [0.25, 0.3) is 0 Å². The quantitative estimate of drug-likeness (QED) is 0.686. The first kappa shape index (κ1) is 17.4. The van der Waals surface area contributed by atoms with Gasteiger partial charge in [0.25, 0.3) is 0 Å². The molecule has 0 saturated carbocycles. The summed E-state index contributed by atoms with van der Waals surface area (Å²) < 4.78 is 5.33.